The highest BCUT2D eigenvalue weighted by molar-refractivity contribution is 9.10. The molecule has 2 amide bonds. The SMILES string of the molecule is CC(NC(=O)N(C)Cc1ccc(C(F)(F)F)cc1)c1cccc(Br)c1. The molecule has 0 radical (unpaired) electrons. The van der Waals surface area contributed by atoms with E-state index in [-0.39, 0.29) is 18.6 Å². The van der Waals surface area contributed by atoms with E-state index in [0.717, 1.165) is 22.2 Å². The number of halogens is 4. The highest BCUT2D eigenvalue weighted by atomic mass is 79.9. The minimum absolute atomic E-state index is 0.194. The maximum Gasteiger partial charge on any atom is 0.416 e. The Hall–Kier alpha value is -2.02. The van der Waals surface area contributed by atoms with Crippen molar-refractivity contribution < 1.29 is 18.0 Å². The number of hydrogen-bond acceptors (Lipinski definition) is 1. The number of carbonyl (C=O) groups is 1. The van der Waals surface area contributed by atoms with Crippen LogP contribution >= 0.6 is 15.9 Å². The molecular formula is C18H18BrF3N2O. The molecule has 134 valence electrons. The van der Waals surface area contributed by atoms with Gasteiger partial charge in [0.15, 0.2) is 0 Å². The molecule has 0 aromatic heterocycles. The van der Waals surface area contributed by atoms with Gasteiger partial charge in [-0.3, -0.25) is 0 Å². The van der Waals surface area contributed by atoms with Crippen LogP contribution in [0, 0.1) is 0 Å². The lowest BCUT2D eigenvalue weighted by atomic mass is 10.1. The number of hydrogen-bond donors (Lipinski definition) is 1. The fourth-order valence-corrected chi connectivity index (χ4v) is 2.72. The quantitative estimate of drug-likeness (QED) is 0.716. The zero-order valence-electron chi connectivity index (χ0n) is 13.8. The Morgan fingerprint density at radius 1 is 1.20 bits per heavy atom. The monoisotopic (exact) mass is 414 g/mol. The van der Waals surface area contributed by atoms with Gasteiger partial charge in [0.1, 0.15) is 0 Å². The summed E-state index contributed by atoms with van der Waals surface area (Å²) in [5, 5.41) is 2.87. The molecule has 2 rings (SSSR count). The van der Waals surface area contributed by atoms with Gasteiger partial charge >= 0.3 is 12.2 Å². The zero-order chi connectivity index (χ0) is 18.6. The average Bonchev–Trinajstić information content (AvgIpc) is 2.54. The van der Waals surface area contributed by atoms with Crippen LogP contribution in [0.25, 0.3) is 0 Å². The molecule has 0 bridgehead atoms. The maximum atomic E-state index is 12.6. The van der Waals surface area contributed by atoms with E-state index in [9.17, 15) is 18.0 Å². The summed E-state index contributed by atoms with van der Waals surface area (Å²) in [5.74, 6) is 0. The second kappa shape index (κ2) is 7.91. The van der Waals surface area contributed by atoms with E-state index in [0.29, 0.717) is 5.56 Å². The largest absolute Gasteiger partial charge is 0.416 e. The van der Waals surface area contributed by atoms with Crippen molar-refractivity contribution in [2.24, 2.45) is 0 Å². The van der Waals surface area contributed by atoms with Crippen LogP contribution in [0.15, 0.2) is 53.0 Å². The predicted octanol–water partition coefficient (Wildman–Crippen LogP) is 5.37. The number of benzene rings is 2. The third-order valence-corrected chi connectivity index (χ3v) is 4.23. The Balaban J connectivity index is 1.96. The molecule has 1 N–H and O–H groups in total. The molecule has 1 unspecified atom stereocenters. The lowest BCUT2D eigenvalue weighted by Crippen LogP contribution is -2.38. The summed E-state index contributed by atoms with van der Waals surface area (Å²) in [5.41, 5.74) is 0.873. The molecule has 0 spiro atoms. The number of rotatable bonds is 4. The van der Waals surface area contributed by atoms with Crippen molar-refractivity contribution in [1.82, 2.24) is 10.2 Å². The lowest BCUT2D eigenvalue weighted by Gasteiger charge is -2.22. The third kappa shape index (κ3) is 5.49. The molecule has 0 saturated carbocycles. The fraction of sp³-hybridized carbons (Fsp3) is 0.278. The van der Waals surface area contributed by atoms with E-state index in [1.165, 1.54) is 17.0 Å². The van der Waals surface area contributed by atoms with Gasteiger partial charge < -0.3 is 10.2 Å². The van der Waals surface area contributed by atoms with E-state index in [1.807, 2.05) is 31.2 Å². The predicted molar refractivity (Wildman–Crippen MR) is 94.0 cm³/mol. The van der Waals surface area contributed by atoms with Crippen LogP contribution in [0.5, 0.6) is 0 Å². The van der Waals surface area contributed by atoms with Gasteiger partial charge in [-0.15, -0.1) is 0 Å². The van der Waals surface area contributed by atoms with Gasteiger partial charge in [-0.25, -0.2) is 4.79 Å². The van der Waals surface area contributed by atoms with Crippen LogP contribution in [0.3, 0.4) is 0 Å². The summed E-state index contributed by atoms with van der Waals surface area (Å²) in [6, 6.07) is 11.9. The van der Waals surface area contributed by atoms with E-state index < -0.39 is 11.7 Å². The summed E-state index contributed by atoms with van der Waals surface area (Å²) in [7, 11) is 1.60. The normalized spacial score (nSPS) is 12.6. The molecule has 0 heterocycles. The van der Waals surface area contributed by atoms with Crippen LogP contribution in [-0.4, -0.2) is 18.0 Å². The number of urea groups is 1. The lowest BCUT2D eigenvalue weighted by molar-refractivity contribution is -0.137. The highest BCUT2D eigenvalue weighted by Crippen LogP contribution is 2.29. The first-order valence-electron chi connectivity index (χ1n) is 7.60. The molecule has 2 aromatic carbocycles. The number of amides is 2. The Labute approximate surface area is 153 Å². The second-order valence-electron chi connectivity index (χ2n) is 5.78. The minimum atomic E-state index is -4.36. The maximum absolute atomic E-state index is 12.6. The summed E-state index contributed by atoms with van der Waals surface area (Å²) in [4.78, 5) is 13.7. The van der Waals surface area contributed by atoms with Crippen molar-refractivity contribution in [3.63, 3.8) is 0 Å². The van der Waals surface area contributed by atoms with Gasteiger partial charge in [0.25, 0.3) is 0 Å². The third-order valence-electron chi connectivity index (χ3n) is 3.74. The number of alkyl halides is 3. The fourth-order valence-electron chi connectivity index (χ4n) is 2.30. The number of carbonyl (C=O) groups excluding carboxylic acids is 1. The summed E-state index contributed by atoms with van der Waals surface area (Å²) >= 11 is 3.39. The standard InChI is InChI=1S/C18H18BrF3N2O/c1-12(14-4-3-5-16(19)10-14)23-17(25)24(2)11-13-6-8-15(9-7-13)18(20,21)22/h3-10,12H,11H2,1-2H3,(H,23,25). The van der Waals surface area contributed by atoms with Gasteiger partial charge in [0.05, 0.1) is 11.6 Å². The van der Waals surface area contributed by atoms with Crippen molar-refractivity contribution >= 4 is 22.0 Å². The topological polar surface area (TPSA) is 32.3 Å². The first-order chi connectivity index (χ1) is 11.7. The smallest absolute Gasteiger partial charge is 0.331 e. The first-order valence-corrected chi connectivity index (χ1v) is 8.39. The molecule has 3 nitrogen and oxygen atoms in total. The molecule has 25 heavy (non-hydrogen) atoms. The van der Waals surface area contributed by atoms with Gasteiger partial charge in [-0.05, 0) is 42.3 Å². The molecule has 7 heteroatoms. The number of nitrogens with zero attached hydrogens (tertiary/aromatic N) is 1. The van der Waals surface area contributed by atoms with Crippen molar-refractivity contribution in [2.45, 2.75) is 25.7 Å². The van der Waals surface area contributed by atoms with Crippen LogP contribution in [-0.2, 0) is 12.7 Å². The van der Waals surface area contributed by atoms with E-state index in [2.05, 4.69) is 21.2 Å². The second-order valence-corrected chi connectivity index (χ2v) is 6.69. The van der Waals surface area contributed by atoms with E-state index in [4.69, 9.17) is 0 Å². The molecule has 0 aliphatic rings. The van der Waals surface area contributed by atoms with Crippen LogP contribution < -0.4 is 5.32 Å². The van der Waals surface area contributed by atoms with Crippen molar-refractivity contribution in [3.05, 3.63) is 69.7 Å². The summed E-state index contributed by atoms with van der Waals surface area (Å²) < 4.78 is 38.6. The number of nitrogens with one attached hydrogen (secondary N) is 1. The summed E-state index contributed by atoms with van der Waals surface area (Å²) in [6.45, 7) is 2.08. The zero-order valence-corrected chi connectivity index (χ0v) is 15.4. The molecule has 0 aliphatic carbocycles. The van der Waals surface area contributed by atoms with Gasteiger partial charge in [-0.1, -0.05) is 40.2 Å². The summed E-state index contributed by atoms with van der Waals surface area (Å²) in [6.07, 6.45) is -4.36. The molecule has 0 fully saturated rings. The first kappa shape index (κ1) is 19.3. The van der Waals surface area contributed by atoms with E-state index in [1.54, 1.807) is 7.05 Å². The van der Waals surface area contributed by atoms with Crippen molar-refractivity contribution in [1.29, 1.82) is 0 Å². The van der Waals surface area contributed by atoms with Crippen LogP contribution in [0.1, 0.15) is 29.7 Å². The average molecular weight is 415 g/mol. The minimum Gasteiger partial charge on any atom is -0.331 e. The Morgan fingerprint density at radius 2 is 1.84 bits per heavy atom. The molecule has 0 saturated heterocycles. The Bertz CT molecular complexity index is 732. The van der Waals surface area contributed by atoms with Crippen LogP contribution in [0.2, 0.25) is 0 Å². The molecular weight excluding hydrogens is 397 g/mol. The Morgan fingerprint density at radius 3 is 2.40 bits per heavy atom. The highest BCUT2D eigenvalue weighted by Gasteiger charge is 2.30. The molecule has 1 atom stereocenters. The molecule has 2 aromatic rings. The van der Waals surface area contributed by atoms with E-state index >= 15 is 0 Å². The van der Waals surface area contributed by atoms with Crippen molar-refractivity contribution in [2.75, 3.05) is 7.05 Å². The molecule has 0 aliphatic heterocycles. The Kier molecular flexibility index (Phi) is 6.11. The van der Waals surface area contributed by atoms with Crippen LogP contribution in [0.4, 0.5) is 18.0 Å². The van der Waals surface area contributed by atoms with Gasteiger partial charge in [-0.2, -0.15) is 13.2 Å². The van der Waals surface area contributed by atoms with Gasteiger partial charge in [0, 0.05) is 18.1 Å². The van der Waals surface area contributed by atoms with Crippen molar-refractivity contribution in [3.8, 4) is 0 Å². The van der Waals surface area contributed by atoms with Gasteiger partial charge in [0.2, 0.25) is 0 Å².